The molecule has 0 saturated carbocycles. The Morgan fingerprint density at radius 1 is 1.45 bits per heavy atom. The number of nitriles is 1. The van der Waals surface area contributed by atoms with Gasteiger partial charge in [0.25, 0.3) is 0 Å². The number of amides is 1. The van der Waals surface area contributed by atoms with Gasteiger partial charge in [-0.3, -0.25) is 4.79 Å². The predicted molar refractivity (Wildman–Crippen MR) is 81.9 cm³/mol. The number of benzene rings is 1. The van der Waals surface area contributed by atoms with E-state index in [2.05, 4.69) is 12.1 Å². The quantitative estimate of drug-likeness (QED) is 0.855. The maximum Gasteiger partial charge on any atom is 0.224 e. The zero-order chi connectivity index (χ0) is 14.5. The summed E-state index contributed by atoms with van der Waals surface area (Å²) in [4.78, 5) is 13.4. The minimum absolute atomic E-state index is 0.0446. The van der Waals surface area contributed by atoms with E-state index >= 15 is 0 Å². The van der Waals surface area contributed by atoms with Crippen LogP contribution in [-0.4, -0.2) is 23.1 Å². The van der Waals surface area contributed by atoms with Crippen molar-refractivity contribution in [1.82, 2.24) is 4.90 Å². The van der Waals surface area contributed by atoms with E-state index in [0.29, 0.717) is 6.54 Å². The van der Waals surface area contributed by atoms with E-state index in [-0.39, 0.29) is 17.7 Å². The molecule has 0 spiro atoms. The summed E-state index contributed by atoms with van der Waals surface area (Å²) in [5.41, 5.74) is 1.14. The fraction of sp³-hybridized carbons (Fsp3) is 0.375. The van der Waals surface area contributed by atoms with Crippen molar-refractivity contribution in [3.8, 4) is 6.07 Å². The van der Waals surface area contributed by atoms with Crippen LogP contribution in [0.1, 0.15) is 25.3 Å². The Morgan fingerprint density at radius 3 is 2.70 bits per heavy atom. The Balaban J connectivity index is 2.36. The van der Waals surface area contributed by atoms with Crippen LogP contribution in [0.3, 0.4) is 0 Å². The summed E-state index contributed by atoms with van der Waals surface area (Å²) in [6.07, 6.45) is 2.07. The molecule has 0 fully saturated rings. The second kappa shape index (κ2) is 6.62. The zero-order valence-electron chi connectivity index (χ0n) is 11.7. The van der Waals surface area contributed by atoms with Crippen molar-refractivity contribution in [3.05, 3.63) is 47.0 Å². The molecule has 3 nitrogen and oxygen atoms in total. The second-order valence-corrected chi connectivity index (χ2v) is 5.79. The molecule has 2 atom stereocenters. The Bertz CT molecular complexity index is 547. The van der Waals surface area contributed by atoms with E-state index in [1.54, 1.807) is 23.6 Å². The van der Waals surface area contributed by atoms with Gasteiger partial charge in [-0.25, -0.2) is 0 Å². The topological polar surface area (TPSA) is 44.1 Å². The van der Waals surface area contributed by atoms with Crippen molar-refractivity contribution in [1.29, 1.82) is 5.26 Å². The van der Waals surface area contributed by atoms with Gasteiger partial charge in [0.15, 0.2) is 0 Å². The second-order valence-electron chi connectivity index (χ2n) is 4.75. The summed E-state index contributed by atoms with van der Waals surface area (Å²) in [5.74, 6) is 0.794. The van der Waals surface area contributed by atoms with Gasteiger partial charge in [0, 0.05) is 25.1 Å². The first kappa shape index (κ1) is 14.7. The largest absolute Gasteiger partial charge is 0.308 e. The first-order chi connectivity index (χ1) is 9.67. The number of nitrogens with zero attached hydrogens (tertiary/aromatic N) is 2. The summed E-state index contributed by atoms with van der Waals surface area (Å²) in [6, 6.07) is 12.4. The van der Waals surface area contributed by atoms with Crippen LogP contribution in [0.2, 0.25) is 0 Å². The average Bonchev–Trinajstić information content (AvgIpc) is 2.48. The summed E-state index contributed by atoms with van der Waals surface area (Å²) in [5, 5.41) is 10.3. The number of carbonyl (C=O) groups excluding carboxylic acids is 1. The van der Waals surface area contributed by atoms with Crippen LogP contribution in [0, 0.1) is 17.2 Å². The lowest BCUT2D eigenvalue weighted by Crippen LogP contribution is -2.30. The zero-order valence-corrected chi connectivity index (χ0v) is 12.6. The third-order valence-electron chi connectivity index (χ3n) is 3.48. The number of hydrogen-bond donors (Lipinski definition) is 0. The molecule has 0 unspecified atom stereocenters. The van der Waals surface area contributed by atoms with Crippen LogP contribution < -0.4 is 0 Å². The van der Waals surface area contributed by atoms with Gasteiger partial charge in [0.05, 0.1) is 17.0 Å². The monoisotopic (exact) mass is 286 g/mol. The van der Waals surface area contributed by atoms with Gasteiger partial charge in [-0.05, 0) is 18.6 Å². The van der Waals surface area contributed by atoms with E-state index in [0.717, 1.165) is 16.3 Å². The molecule has 1 amide bonds. The molecule has 1 aromatic carbocycles. The van der Waals surface area contributed by atoms with E-state index in [1.807, 2.05) is 37.3 Å². The highest BCUT2D eigenvalue weighted by atomic mass is 32.2. The van der Waals surface area contributed by atoms with Gasteiger partial charge < -0.3 is 4.90 Å². The van der Waals surface area contributed by atoms with Crippen molar-refractivity contribution in [2.24, 2.45) is 5.92 Å². The van der Waals surface area contributed by atoms with Crippen molar-refractivity contribution in [2.75, 3.05) is 12.3 Å². The molecule has 0 N–H and O–H groups in total. The van der Waals surface area contributed by atoms with Gasteiger partial charge in [-0.15, -0.1) is 11.8 Å². The van der Waals surface area contributed by atoms with Crippen molar-refractivity contribution in [2.45, 2.75) is 19.8 Å². The van der Waals surface area contributed by atoms with E-state index in [9.17, 15) is 10.1 Å². The highest BCUT2D eigenvalue weighted by molar-refractivity contribution is 8.03. The fourth-order valence-corrected chi connectivity index (χ4v) is 3.71. The molecule has 1 aromatic rings. The first-order valence-corrected chi connectivity index (χ1v) is 7.73. The molecule has 2 rings (SSSR count). The molecule has 0 aromatic heterocycles. The summed E-state index contributed by atoms with van der Waals surface area (Å²) in [7, 11) is 0. The fourth-order valence-electron chi connectivity index (χ4n) is 2.42. The predicted octanol–water partition coefficient (Wildman–Crippen LogP) is 3.37. The molecule has 0 aliphatic carbocycles. The smallest absolute Gasteiger partial charge is 0.224 e. The van der Waals surface area contributed by atoms with E-state index < -0.39 is 0 Å². The molecule has 1 aliphatic heterocycles. The Hall–Kier alpha value is -1.73. The van der Waals surface area contributed by atoms with Gasteiger partial charge in [0.2, 0.25) is 5.91 Å². The van der Waals surface area contributed by atoms with Crippen LogP contribution in [-0.2, 0) is 4.79 Å². The van der Waals surface area contributed by atoms with Crippen molar-refractivity contribution >= 4 is 17.7 Å². The standard InChI is InChI=1S/C16H18N2OS/c1-3-18(12(2)19)16-9-15(14(10-17)11-20-16)13-7-5-4-6-8-13/h4-9,14-15H,3,11H2,1-2H3/t14-,15-/m0/s1. The lowest BCUT2D eigenvalue weighted by atomic mass is 9.87. The number of carbonyl (C=O) groups is 1. The molecule has 0 bridgehead atoms. The lowest BCUT2D eigenvalue weighted by molar-refractivity contribution is -0.126. The molecular formula is C16H18N2OS. The highest BCUT2D eigenvalue weighted by Crippen LogP contribution is 2.39. The summed E-state index contributed by atoms with van der Waals surface area (Å²) >= 11 is 1.60. The summed E-state index contributed by atoms with van der Waals surface area (Å²) < 4.78 is 0. The van der Waals surface area contributed by atoms with Gasteiger partial charge in [0.1, 0.15) is 0 Å². The van der Waals surface area contributed by atoms with Gasteiger partial charge >= 0.3 is 0 Å². The lowest BCUT2D eigenvalue weighted by Gasteiger charge is -2.30. The van der Waals surface area contributed by atoms with Crippen molar-refractivity contribution < 1.29 is 4.79 Å². The van der Waals surface area contributed by atoms with Crippen LogP contribution in [0.5, 0.6) is 0 Å². The molecule has 0 saturated heterocycles. The highest BCUT2D eigenvalue weighted by Gasteiger charge is 2.29. The number of thioether (sulfide) groups is 1. The maximum atomic E-state index is 11.7. The first-order valence-electron chi connectivity index (χ1n) is 6.74. The molecule has 4 heteroatoms. The normalized spacial score (nSPS) is 21.8. The SMILES string of the molecule is CCN(C(C)=O)C1=C[C@@H](c2ccccc2)[C@@H](C#N)CS1. The Morgan fingerprint density at radius 2 is 2.15 bits per heavy atom. The third kappa shape index (κ3) is 3.05. The molecule has 1 heterocycles. The van der Waals surface area contributed by atoms with Gasteiger partial charge in [-0.2, -0.15) is 5.26 Å². The number of rotatable bonds is 3. The number of allylic oxidation sites excluding steroid dienone is 1. The molecule has 104 valence electrons. The molecule has 1 aliphatic rings. The van der Waals surface area contributed by atoms with Crippen LogP contribution in [0.4, 0.5) is 0 Å². The summed E-state index contributed by atoms with van der Waals surface area (Å²) in [6.45, 7) is 4.21. The minimum atomic E-state index is -0.0446. The minimum Gasteiger partial charge on any atom is -0.308 e. The maximum absolute atomic E-state index is 11.7. The number of hydrogen-bond acceptors (Lipinski definition) is 3. The Kier molecular flexibility index (Phi) is 4.86. The molecule has 20 heavy (non-hydrogen) atoms. The third-order valence-corrected chi connectivity index (χ3v) is 4.66. The van der Waals surface area contributed by atoms with Crippen LogP contribution in [0.15, 0.2) is 41.4 Å². The van der Waals surface area contributed by atoms with Crippen LogP contribution >= 0.6 is 11.8 Å². The Labute approximate surface area is 124 Å². The van der Waals surface area contributed by atoms with E-state index in [4.69, 9.17) is 0 Å². The molecular weight excluding hydrogens is 268 g/mol. The van der Waals surface area contributed by atoms with Crippen molar-refractivity contribution in [3.63, 3.8) is 0 Å². The van der Waals surface area contributed by atoms with Crippen LogP contribution in [0.25, 0.3) is 0 Å². The molecule has 0 radical (unpaired) electrons. The van der Waals surface area contributed by atoms with Gasteiger partial charge in [-0.1, -0.05) is 30.3 Å². The van der Waals surface area contributed by atoms with E-state index in [1.165, 1.54) is 0 Å². The average molecular weight is 286 g/mol.